The van der Waals surface area contributed by atoms with Crippen molar-refractivity contribution in [3.05, 3.63) is 0 Å². The zero-order chi connectivity index (χ0) is 17.5. The van der Waals surface area contributed by atoms with E-state index in [9.17, 15) is 9.59 Å². The van der Waals surface area contributed by atoms with Gasteiger partial charge < -0.3 is 25.6 Å². The molecule has 0 heterocycles. The summed E-state index contributed by atoms with van der Waals surface area (Å²) in [6.07, 6.45) is 2.03. The lowest BCUT2D eigenvalue weighted by molar-refractivity contribution is 0.0494. The highest BCUT2D eigenvalue weighted by atomic mass is 16.6. The van der Waals surface area contributed by atoms with Crippen LogP contribution in [0.15, 0.2) is 0 Å². The quantitative estimate of drug-likeness (QED) is 0.597. The molecule has 0 aliphatic heterocycles. The number of rotatable bonds is 6. The van der Waals surface area contributed by atoms with Crippen LogP contribution in [0.3, 0.4) is 0 Å². The molecule has 0 aromatic heterocycles. The first kappa shape index (κ1) is 19.5. The Balaban J connectivity index is 2.54. The SMILES string of the molecule is CC(C)(C)OC(=O)NC[C@H]1C[C@@H](CCO)CC[C@@H]1CNC(=O)O. The van der Waals surface area contributed by atoms with Gasteiger partial charge in [-0.3, -0.25) is 0 Å². The van der Waals surface area contributed by atoms with Crippen LogP contribution in [0.25, 0.3) is 0 Å². The van der Waals surface area contributed by atoms with Gasteiger partial charge in [0.15, 0.2) is 0 Å². The van der Waals surface area contributed by atoms with E-state index in [-0.39, 0.29) is 18.4 Å². The monoisotopic (exact) mass is 330 g/mol. The molecule has 1 aliphatic rings. The lowest BCUT2D eigenvalue weighted by atomic mass is 9.73. The molecule has 0 unspecified atom stereocenters. The van der Waals surface area contributed by atoms with Gasteiger partial charge >= 0.3 is 12.2 Å². The molecule has 7 heteroatoms. The van der Waals surface area contributed by atoms with E-state index in [1.54, 1.807) is 0 Å². The van der Waals surface area contributed by atoms with Crippen molar-refractivity contribution in [2.24, 2.45) is 17.8 Å². The summed E-state index contributed by atoms with van der Waals surface area (Å²) in [5.74, 6) is 0.794. The minimum absolute atomic E-state index is 0.162. The molecule has 0 saturated heterocycles. The number of nitrogens with one attached hydrogen (secondary N) is 2. The van der Waals surface area contributed by atoms with E-state index in [1.165, 1.54) is 0 Å². The molecule has 1 fully saturated rings. The summed E-state index contributed by atoms with van der Waals surface area (Å²) in [6, 6.07) is 0. The van der Waals surface area contributed by atoms with E-state index in [4.69, 9.17) is 14.9 Å². The fraction of sp³-hybridized carbons (Fsp3) is 0.875. The zero-order valence-corrected chi connectivity index (χ0v) is 14.3. The Hall–Kier alpha value is -1.50. The van der Waals surface area contributed by atoms with Crippen LogP contribution >= 0.6 is 0 Å². The molecular formula is C16H30N2O5. The molecule has 134 valence electrons. The van der Waals surface area contributed by atoms with Crippen molar-refractivity contribution in [3.63, 3.8) is 0 Å². The number of aliphatic hydroxyl groups is 1. The Bertz CT molecular complexity index is 394. The maximum Gasteiger partial charge on any atom is 0.407 e. The van der Waals surface area contributed by atoms with Crippen LogP contribution < -0.4 is 10.6 Å². The van der Waals surface area contributed by atoms with E-state index in [1.807, 2.05) is 20.8 Å². The molecule has 0 spiro atoms. The third-order valence-corrected chi connectivity index (χ3v) is 4.21. The number of hydrogen-bond acceptors (Lipinski definition) is 4. The largest absolute Gasteiger partial charge is 0.465 e. The van der Waals surface area contributed by atoms with Gasteiger partial charge in [0.25, 0.3) is 0 Å². The van der Waals surface area contributed by atoms with E-state index in [2.05, 4.69) is 10.6 Å². The van der Waals surface area contributed by atoms with Crippen molar-refractivity contribution in [2.75, 3.05) is 19.7 Å². The summed E-state index contributed by atoms with van der Waals surface area (Å²) < 4.78 is 5.24. The van der Waals surface area contributed by atoms with Crippen molar-refractivity contribution in [3.8, 4) is 0 Å². The molecule has 1 rings (SSSR count). The zero-order valence-electron chi connectivity index (χ0n) is 14.3. The number of amides is 2. The van der Waals surface area contributed by atoms with E-state index in [0.717, 1.165) is 25.7 Å². The number of carbonyl (C=O) groups is 2. The van der Waals surface area contributed by atoms with Gasteiger partial charge in [-0.25, -0.2) is 9.59 Å². The van der Waals surface area contributed by atoms with Crippen molar-refractivity contribution >= 4 is 12.2 Å². The lowest BCUT2D eigenvalue weighted by Crippen LogP contribution is -2.42. The minimum Gasteiger partial charge on any atom is -0.465 e. The van der Waals surface area contributed by atoms with Crippen molar-refractivity contribution in [1.29, 1.82) is 0 Å². The third-order valence-electron chi connectivity index (χ3n) is 4.21. The number of aliphatic hydroxyl groups excluding tert-OH is 1. The van der Waals surface area contributed by atoms with Gasteiger partial charge in [0.05, 0.1) is 0 Å². The number of ether oxygens (including phenoxy) is 1. The highest BCUT2D eigenvalue weighted by Gasteiger charge is 2.31. The molecule has 0 aromatic rings. The Labute approximate surface area is 137 Å². The lowest BCUT2D eigenvalue weighted by Gasteiger charge is -2.36. The molecule has 4 N–H and O–H groups in total. The molecule has 1 saturated carbocycles. The predicted octanol–water partition coefficient (Wildman–Crippen LogP) is 2.19. The number of carbonyl (C=O) groups excluding carboxylic acids is 1. The van der Waals surface area contributed by atoms with Crippen LogP contribution in [0.4, 0.5) is 9.59 Å². The number of alkyl carbamates (subject to hydrolysis) is 1. The van der Waals surface area contributed by atoms with Gasteiger partial charge in [0.1, 0.15) is 5.60 Å². The van der Waals surface area contributed by atoms with Crippen LogP contribution in [0, 0.1) is 17.8 Å². The molecule has 0 aromatic carbocycles. The van der Waals surface area contributed by atoms with Crippen LogP contribution in [-0.4, -0.2) is 47.7 Å². The van der Waals surface area contributed by atoms with Crippen molar-refractivity contribution in [1.82, 2.24) is 10.6 Å². The van der Waals surface area contributed by atoms with Gasteiger partial charge in [0, 0.05) is 19.7 Å². The fourth-order valence-electron chi connectivity index (χ4n) is 3.13. The second-order valence-electron chi connectivity index (χ2n) is 7.28. The van der Waals surface area contributed by atoms with Gasteiger partial charge in [0.2, 0.25) is 0 Å². The van der Waals surface area contributed by atoms with Crippen LogP contribution in [0.2, 0.25) is 0 Å². The normalized spacial score (nSPS) is 24.8. The summed E-state index contributed by atoms with van der Waals surface area (Å²) in [4.78, 5) is 22.5. The highest BCUT2D eigenvalue weighted by Crippen LogP contribution is 2.35. The Kier molecular flexibility index (Phi) is 7.61. The minimum atomic E-state index is -1.03. The second-order valence-corrected chi connectivity index (χ2v) is 7.28. The molecule has 0 bridgehead atoms. The van der Waals surface area contributed by atoms with E-state index < -0.39 is 17.8 Å². The summed E-state index contributed by atoms with van der Waals surface area (Å²) in [5, 5.41) is 23.1. The molecule has 0 radical (unpaired) electrons. The van der Waals surface area contributed by atoms with Crippen molar-refractivity contribution in [2.45, 2.75) is 52.1 Å². The Morgan fingerprint density at radius 2 is 1.78 bits per heavy atom. The molecular weight excluding hydrogens is 300 g/mol. The molecule has 7 nitrogen and oxygen atoms in total. The predicted molar refractivity (Wildman–Crippen MR) is 86.3 cm³/mol. The first-order valence-electron chi connectivity index (χ1n) is 8.25. The average Bonchev–Trinajstić information content (AvgIpc) is 2.42. The average molecular weight is 330 g/mol. The third kappa shape index (κ3) is 8.06. The van der Waals surface area contributed by atoms with Crippen LogP contribution in [-0.2, 0) is 4.74 Å². The van der Waals surface area contributed by atoms with Crippen LogP contribution in [0.1, 0.15) is 46.5 Å². The molecule has 2 amide bonds. The molecule has 1 aliphatic carbocycles. The highest BCUT2D eigenvalue weighted by molar-refractivity contribution is 5.67. The summed E-state index contributed by atoms with van der Waals surface area (Å²) in [5.41, 5.74) is -0.541. The summed E-state index contributed by atoms with van der Waals surface area (Å²) in [7, 11) is 0. The maximum atomic E-state index is 11.8. The Morgan fingerprint density at radius 3 is 2.35 bits per heavy atom. The van der Waals surface area contributed by atoms with Gasteiger partial charge in [-0.1, -0.05) is 6.42 Å². The van der Waals surface area contributed by atoms with Gasteiger partial charge in [-0.05, 0) is 57.8 Å². The second kappa shape index (κ2) is 8.96. The summed E-state index contributed by atoms with van der Waals surface area (Å²) in [6.45, 7) is 6.44. The molecule has 3 atom stereocenters. The number of carboxylic acid groups (broad SMARTS) is 1. The van der Waals surface area contributed by atoms with E-state index in [0.29, 0.717) is 19.0 Å². The van der Waals surface area contributed by atoms with Gasteiger partial charge in [-0.15, -0.1) is 0 Å². The maximum absolute atomic E-state index is 11.8. The standard InChI is InChI=1S/C16H30N2O5/c1-16(2,3)23-15(22)18-10-13-8-11(6-7-19)4-5-12(13)9-17-14(20)21/h11-13,17,19H,4-10H2,1-3H3,(H,18,22)(H,20,21)/t11-,12-,13-/m1/s1. The van der Waals surface area contributed by atoms with Crippen molar-refractivity contribution < 1.29 is 24.5 Å². The smallest absolute Gasteiger partial charge is 0.407 e. The topological polar surface area (TPSA) is 108 Å². The first-order valence-corrected chi connectivity index (χ1v) is 8.25. The molecule has 23 heavy (non-hydrogen) atoms. The Morgan fingerprint density at radius 1 is 1.13 bits per heavy atom. The van der Waals surface area contributed by atoms with Gasteiger partial charge in [-0.2, -0.15) is 0 Å². The van der Waals surface area contributed by atoms with E-state index >= 15 is 0 Å². The number of hydrogen-bond donors (Lipinski definition) is 4. The fourth-order valence-corrected chi connectivity index (χ4v) is 3.13. The first-order chi connectivity index (χ1) is 10.7. The van der Waals surface area contributed by atoms with Crippen LogP contribution in [0.5, 0.6) is 0 Å². The summed E-state index contributed by atoms with van der Waals surface area (Å²) >= 11 is 0.